The van der Waals surface area contributed by atoms with Crippen molar-refractivity contribution in [1.82, 2.24) is 54.0 Å². The highest BCUT2D eigenvalue weighted by atomic mass is 19.1. The van der Waals surface area contributed by atoms with E-state index in [-0.39, 0.29) is 64.3 Å². The number of fused-ring (bicyclic) bond motifs is 3. The number of benzene rings is 2. The number of amides is 5. The summed E-state index contributed by atoms with van der Waals surface area (Å²) in [4.78, 5) is 104. The van der Waals surface area contributed by atoms with Crippen LogP contribution in [0, 0.1) is 5.82 Å². The molecular formula is C52H55FN12O8. The number of hydrogen-bond donors (Lipinski definition) is 3. The first kappa shape index (κ1) is 48.9. The molecule has 2 fully saturated rings. The first-order valence-electron chi connectivity index (χ1n) is 24.4. The lowest BCUT2D eigenvalue weighted by Gasteiger charge is -2.36. The molecule has 4 aliphatic heterocycles. The molecule has 1 unspecified atom stereocenters. The fraction of sp³-hybridized carbons (Fsp3) is 0.385. The van der Waals surface area contributed by atoms with Gasteiger partial charge < -0.3 is 24.8 Å². The predicted molar refractivity (Wildman–Crippen MR) is 266 cm³/mol. The van der Waals surface area contributed by atoms with Crippen LogP contribution in [0.25, 0.3) is 27.7 Å². The zero-order valence-corrected chi connectivity index (χ0v) is 41.0. The number of carbonyl (C=O) groups is 5. The SMILES string of the molecule is Cn1cc(-c2ccnc(-n3ncc4cc(C(C)(C)C)cc(F)c4c3=O)c2CO)cc(Nc2cc3n(n2)CCN(C(=O)CN2CCN(CCCc4cccc5c4C(=O)N(C4CCC(=O)NC4=O)C5=O)CC2)C3)c1=O. The summed E-state index contributed by atoms with van der Waals surface area (Å²) in [6.45, 7) is 10.5. The highest BCUT2D eigenvalue weighted by molar-refractivity contribution is 6.24. The maximum Gasteiger partial charge on any atom is 0.283 e. The van der Waals surface area contributed by atoms with Crippen LogP contribution in [0.4, 0.5) is 15.9 Å². The summed E-state index contributed by atoms with van der Waals surface area (Å²) in [5, 5.41) is 25.3. The standard InChI is InChI=1S/C52H55FN12O8/c1-52(2,3)33-21-31-25-55-65(51(73)45(31)38(53)23-33)46-37(29-66)35(12-13-54-46)32-22-39(49(71)59(4)26-32)56-41-24-34-27-62(19-20-63(34)58-41)43(68)28-61-17-15-60(16-18-61)14-6-8-30-7-5-9-36-44(30)50(72)64(48(36)70)40-10-11-42(67)57-47(40)69/h5,7,9,12-13,21-26,40,66H,6,8,10-11,14-20,27-29H2,1-4H3,(H,56,58)(H,57,67,69). The molecule has 21 heteroatoms. The number of piperazine rings is 1. The Morgan fingerprint density at radius 1 is 0.918 bits per heavy atom. The minimum atomic E-state index is -1.01. The number of hydrogen-bond acceptors (Lipinski definition) is 14. The summed E-state index contributed by atoms with van der Waals surface area (Å²) in [5.41, 5.74) is 2.82. The van der Waals surface area contributed by atoms with E-state index in [1.54, 1.807) is 49.6 Å². The van der Waals surface area contributed by atoms with Crippen LogP contribution in [0.5, 0.6) is 0 Å². The number of carbonyl (C=O) groups excluding carboxylic acids is 5. The van der Waals surface area contributed by atoms with Crippen molar-refractivity contribution in [2.45, 2.75) is 77.6 Å². The Morgan fingerprint density at radius 3 is 2.45 bits per heavy atom. The van der Waals surface area contributed by atoms with Gasteiger partial charge in [0, 0.05) is 81.2 Å². The topological polar surface area (TPSA) is 230 Å². The van der Waals surface area contributed by atoms with Gasteiger partial charge in [-0.25, -0.2) is 9.37 Å². The van der Waals surface area contributed by atoms with Gasteiger partial charge in [0.05, 0.1) is 54.6 Å². The molecule has 2 saturated heterocycles. The van der Waals surface area contributed by atoms with E-state index >= 15 is 4.39 Å². The molecule has 73 heavy (non-hydrogen) atoms. The number of halogens is 1. The summed E-state index contributed by atoms with van der Waals surface area (Å²) in [6.07, 6.45) is 5.93. The predicted octanol–water partition coefficient (Wildman–Crippen LogP) is 3.01. The van der Waals surface area contributed by atoms with Crippen molar-refractivity contribution in [3.05, 3.63) is 127 Å². The van der Waals surface area contributed by atoms with Crippen LogP contribution in [0.1, 0.15) is 83.1 Å². The van der Waals surface area contributed by atoms with Gasteiger partial charge in [-0.1, -0.05) is 32.9 Å². The minimum Gasteiger partial charge on any atom is -0.392 e. The third kappa shape index (κ3) is 9.34. The number of anilines is 2. The van der Waals surface area contributed by atoms with Crippen molar-refractivity contribution >= 4 is 51.8 Å². The maximum absolute atomic E-state index is 15.5. The van der Waals surface area contributed by atoms with Gasteiger partial charge in [0.2, 0.25) is 17.7 Å². The lowest BCUT2D eigenvalue weighted by atomic mass is 9.86. The molecule has 0 saturated carbocycles. The second-order valence-electron chi connectivity index (χ2n) is 20.1. The fourth-order valence-corrected chi connectivity index (χ4v) is 10.3. The Bertz CT molecular complexity index is 3390. The smallest absolute Gasteiger partial charge is 0.283 e. The van der Waals surface area contributed by atoms with Crippen LogP contribution in [0.3, 0.4) is 0 Å². The van der Waals surface area contributed by atoms with E-state index in [9.17, 15) is 38.7 Å². The molecule has 5 amide bonds. The second-order valence-corrected chi connectivity index (χ2v) is 20.1. The Balaban J connectivity index is 0.749. The molecule has 0 spiro atoms. The first-order chi connectivity index (χ1) is 35.0. The zero-order valence-electron chi connectivity index (χ0n) is 41.0. The number of pyridine rings is 2. The zero-order chi connectivity index (χ0) is 51.5. The average molecular weight is 995 g/mol. The van der Waals surface area contributed by atoms with Crippen LogP contribution < -0.4 is 21.8 Å². The van der Waals surface area contributed by atoms with E-state index < -0.39 is 47.7 Å². The van der Waals surface area contributed by atoms with E-state index in [0.717, 1.165) is 46.9 Å². The van der Waals surface area contributed by atoms with Gasteiger partial charge in [-0.2, -0.15) is 14.9 Å². The minimum absolute atomic E-state index is 0.00199. The van der Waals surface area contributed by atoms with Crippen LogP contribution in [0.15, 0.2) is 76.7 Å². The van der Waals surface area contributed by atoms with Gasteiger partial charge in [-0.3, -0.25) is 53.4 Å². The number of imide groups is 2. The van der Waals surface area contributed by atoms with E-state index in [1.165, 1.54) is 23.0 Å². The summed E-state index contributed by atoms with van der Waals surface area (Å²) >= 11 is 0. The third-order valence-electron chi connectivity index (χ3n) is 14.3. The quantitative estimate of drug-likeness (QED) is 0.150. The van der Waals surface area contributed by atoms with E-state index in [2.05, 4.69) is 30.5 Å². The summed E-state index contributed by atoms with van der Waals surface area (Å²) in [7, 11) is 1.59. The van der Waals surface area contributed by atoms with Crippen LogP contribution in [0.2, 0.25) is 0 Å². The van der Waals surface area contributed by atoms with Gasteiger partial charge in [0.25, 0.3) is 22.9 Å². The summed E-state index contributed by atoms with van der Waals surface area (Å²) in [5.74, 6) is -2.34. The monoisotopic (exact) mass is 994 g/mol. The number of rotatable bonds is 12. The second kappa shape index (κ2) is 19.4. The van der Waals surface area contributed by atoms with E-state index in [4.69, 9.17) is 5.10 Å². The van der Waals surface area contributed by atoms with E-state index in [0.29, 0.717) is 72.6 Å². The van der Waals surface area contributed by atoms with Crippen LogP contribution >= 0.6 is 0 Å². The molecule has 0 aliphatic carbocycles. The van der Waals surface area contributed by atoms with Gasteiger partial charge >= 0.3 is 0 Å². The van der Waals surface area contributed by atoms with Crippen molar-refractivity contribution in [2.24, 2.45) is 7.05 Å². The number of piperidine rings is 1. The molecule has 0 bridgehead atoms. The maximum atomic E-state index is 15.5. The molecule has 4 aromatic heterocycles. The Kier molecular flexibility index (Phi) is 13.0. The lowest BCUT2D eigenvalue weighted by Crippen LogP contribution is -2.54. The molecule has 2 aromatic carbocycles. The number of nitrogens with zero attached hydrogens (tertiary/aromatic N) is 10. The van der Waals surface area contributed by atoms with Crippen molar-refractivity contribution in [2.75, 3.05) is 51.1 Å². The Morgan fingerprint density at radius 2 is 1.70 bits per heavy atom. The molecule has 8 heterocycles. The van der Waals surface area contributed by atoms with Gasteiger partial charge in [0.1, 0.15) is 17.5 Å². The average Bonchev–Trinajstić information content (AvgIpc) is 3.88. The van der Waals surface area contributed by atoms with Gasteiger partial charge in [-0.15, -0.1) is 0 Å². The van der Waals surface area contributed by atoms with Gasteiger partial charge in [-0.05, 0) is 78.2 Å². The molecular weight excluding hydrogens is 940 g/mol. The highest BCUT2D eigenvalue weighted by Crippen LogP contribution is 2.33. The Labute approximate surface area is 418 Å². The molecule has 3 N–H and O–H groups in total. The lowest BCUT2D eigenvalue weighted by molar-refractivity contribution is -0.136. The number of aromatic nitrogens is 6. The molecule has 378 valence electrons. The van der Waals surface area contributed by atoms with Crippen molar-refractivity contribution < 1.29 is 33.5 Å². The third-order valence-corrected chi connectivity index (χ3v) is 14.3. The number of aryl methyl sites for hydroxylation is 2. The van der Waals surface area contributed by atoms with E-state index in [1.807, 2.05) is 36.4 Å². The first-order valence-corrected chi connectivity index (χ1v) is 24.4. The summed E-state index contributed by atoms with van der Waals surface area (Å²) < 4.78 is 19.7. The molecule has 1 atom stereocenters. The molecule has 10 rings (SSSR count). The normalized spacial score (nSPS) is 17.6. The Hall–Kier alpha value is -7.75. The molecule has 6 aromatic rings. The highest BCUT2D eigenvalue weighted by Gasteiger charge is 2.45. The van der Waals surface area contributed by atoms with Crippen LogP contribution in [-0.4, -0.2) is 135 Å². The number of aliphatic hydroxyl groups excluding tert-OH is 1. The van der Waals surface area contributed by atoms with Crippen molar-refractivity contribution in [1.29, 1.82) is 0 Å². The molecule has 4 aliphatic rings. The largest absolute Gasteiger partial charge is 0.392 e. The van der Waals surface area contributed by atoms with Gasteiger partial charge in [0.15, 0.2) is 11.6 Å². The van der Waals surface area contributed by atoms with Crippen molar-refractivity contribution in [3.63, 3.8) is 0 Å². The van der Waals surface area contributed by atoms with Crippen molar-refractivity contribution in [3.8, 4) is 16.9 Å². The fourth-order valence-electron chi connectivity index (χ4n) is 10.3. The molecule has 20 nitrogen and oxygen atoms in total. The number of nitrogens with one attached hydrogen (secondary N) is 2. The molecule has 0 radical (unpaired) electrons. The van der Waals surface area contributed by atoms with Crippen LogP contribution in [-0.2, 0) is 53.0 Å². The summed E-state index contributed by atoms with van der Waals surface area (Å²) in [6, 6.07) is 12.4. The number of aliphatic hydroxyl groups is 1.